The second-order valence-corrected chi connectivity index (χ2v) is 2.98. The number of hydrogen-bond acceptors (Lipinski definition) is 2. The predicted molar refractivity (Wildman–Crippen MR) is 48.0 cm³/mol. The van der Waals surface area contributed by atoms with Crippen molar-refractivity contribution in [3.8, 4) is 0 Å². The molecule has 11 heavy (non-hydrogen) atoms. The first-order valence-corrected chi connectivity index (χ1v) is 4.26. The zero-order valence-electron chi connectivity index (χ0n) is 7.35. The smallest absolute Gasteiger partial charge is 0.0553 e. The van der Waals surface area contributed by atoms with Crippen molar-refractivity contribution in [3.05, 3.63) is 11.8 Å². The van der Waals surface area contributed by atoms with E-state index in [1.165, 1.54) is 5.57 Å². The van der Waals surface area contributed by atoms with E-state index in [1.54, 1.807) is 0 Å². The highest BCUT2D eigenvalue weighted by Gasteiger charge is 2.11. The summed E-state index contributed by atoms with van der Waals surface area (Å²) in [6.45, 7) is 6.13. The average Bonchev–Trinajstić information content (AvgIpc) is 2.03. The average molecular weight is 152 g/mol. The van der Waals surface area contributed by atoms with Crippen LogP contribution in [0.2, 0.25) is 0 Å². The van der Waals surface area contributed by atoms with E-state index < -0.39 is 0 Å². The third kappa shape index (κ3) is 2.07. The Labute approximate surface area is 68.4 Å². The molecule has 2 nitrogen and oxygen atoms in total. The van der Waals surface area contributed by atoms with Crippen LogP contribution in [0.5, 0.6) is 0 Å². The summed E-state index contributed by atoms with van der Waals surface area (Å²) in [5, 5.41) is 7.57. The Morgan fingerprint density at radius 3 is 2.82 bits per heavy atom. The lowest BCUT2D eigenvalue weighted by molar-refractivity contribution is 0.434. The molecule has 0 bridgehead atoms. The van der Waals surface area contributed by atoms with Gasteiger partial charge in [-0.15, -0.1) is 0 Å². The van der Waals surface area contributed by atoms with Gasteiger partial charge in [0.1, 0.15) is 0 Å². The van der Waals surface area contributed by atoms with E-state index in [2.05, 4.69) is 24.9 Å². The fourth-order valence-corrected chi connectivity index (χ4v) is 1.34. The van der Waals surface area contributed by atoms with Crippen molar-refractivity contribution in [2.45, 2.75) is 26.7 Å². The van der Waals surface area contributed by atoms with Crippen LogP contribution in [0.25, 0.3) is 0 Å². The van der Waals surface area contributed by atoms with Crippen LogP contribution in [0.3, 0.4) is 0 Å². The zero-order valence-corrected chi connectivity index (χ0v) is 7.35. The third-order valence-corrected chi connectivity index (χ3v) is 2.06. The minimum Gasteiger partial charge on any atom is -0.372 e. The van der Waals surface area contributed by atoms with E-state index in [0.717, 1.165) is 31.6 Å². The van der Waals surface area contributed by atoms with Gasteiger partial charge >= 0.3 is 0 Å². The van der Waals surface area contributed by atoms with E-state index in [1.807, 2.05) is 0 Å². The first-order valence-electron chi connectivity index (χ1n) is 4.26. The summed E-state index contributed by atoms with van der Waals surface area (Å²) in [7, 11) is 0. The van der Waals surface area contributed by atoms with Crippen molar-refractivity contribution in [2.24, 2.45) is 0 Å². The number of rotatable bonds is 2. The molecule has 0 aromatic rings. The first-order chi connectivity index (χ1) is 5.26. The molecule has 2 heteroatoms. The fraction of sp³-hybridized carbons (Fsp3) is 0.667. The standard InChI is InChI=1S/C9H16N2/c1-3-8-5-9(10)7-11(4-2)6-8/h6,10H,3-5,7H2,1-2H3. The molecule has 0 aliphatic carbocycles. The minimum absolute atomic E-state index is 0.833. The van der Waals surface area contributed by atoms with Gasteiger partial charge in [-0.05, 0) is 25.1 Å². The number of nitrogens with zero attached hydrogens (tertiary/aromatic N) is 1. The molecule has 62 valence electrons. The summed E-state index contributed by atoms with van der Waals surface area (Å²) in [6, 6.07) is 0. The number of nitrogens with one attached hydrogen (secondary N) is 1. The van der Waals surface area contributed by atoms with E-state index >= 15 is 0 Å². The van der Waals surface area contributed by atoms with Crippen molar-refractivity contribution < 1.29 is 0 Å². The maximum absolute atomic E-state index is 7.57. The molecule has 0 amide bonds. The zero-order chi connectivity index (χ0) is 8.27. The molecule has 0 radical (unpaired) electrons. The Hall–Kier alpha value is -0.790. The van der Waals surface area contributed by atoms with Crippen molar-refractivity contribution in [3.63, 3.8) is 0 Å². The lowest BCUT2D eigenvalue weighted by atomic mass is 10.0. The molecule has 0 saturated heterocycles. The lowest BCUT2D eigenvalue weighted by Crippen LogP contribution is -2.29. The van der Waals surface area contributed by atoms with Gasteiger partial charge in [0.15, 0.2) is 0 Å². The van der Waals surface area contributed by atoms with E-state index in [0.29, 0.717) is 0 Å². The molecule has 1 rings (SSSR count). The largest absolute Gasteiger partial charge is 0.372 e. The molecule has 0 aromatic carbocycles. The molecular weight excluding hydrogens is 136 g/mol. The van der Waals surface area contributed by atoms with Crippen molar-refractivity contribution in [1.29, 1.82) is 5.41 Å². The SMILES string of the molecule is CCC1=CN(CC)CC(=N)C1. The summed E-state index contributed by atoms with van der Waals surface area (Å²) in [6.07, 6.45) is 4.18. The Bertz CT molecular complexity index is 182. The second-order valence-electron chi connectivity index (χ2n) is 2.98. The molecule has 0 fully saturated rings. The molecule has 0 atom stereocenters. The summed E-state index contributed by atoms with van der Waals surface area (Å²) >= 11 is 0. The van der Waals surface area contributed by atoms with E-state index in [4.69, 9.17) is 5.41 Å². The van der Waals surface area contributed by atoms with Crippen LogP contribution < -0.4 is 0 Å². The number of hydrogen-bond donors (Lipinski definition) is 1. The molecule has 0 spiro atoms. The van der Waals surface area contributed by atoms with Crippen LogP contribution in [-0.4, -0.2) is 23.7 Å². The Balaban J connectivity index is 2.64. The van der Waals surface area contributed by atoms with Gasteiger partial charge in [-0.25, -0.2) is 0 Å². The van der Waals surface area contributed by atoms with Crippen molar-refractivity contribution >= 4 is 5.71 Å². The van der Waals surface area contributed by atoms with Gasteiger partial charge in [0.05, 0.1) is 6.54 Å². The summed E-state index contributed by atoms with van der Waals surface area (Å²) in [4.78, 5) is 2.20. The monoisotopic (exact) mass is 152 g/mol. The van der Waals surface area contributed by atoms with Gasteiger partial charge in [0.25, 0.3) is 0 Å². The van der Waals surface area contributed by atoms with Crippen LogP contribution in [-0.2, 0) is 0 Å². The predicted octanol–water partition coefficient (Wildman–Crippen LogP) is 2.03. The van der Waals surface area contributed by atoms with Gasteiger partial charge < -0.3 is 10.3 Å². The lowest BCUT2D eigenvalue weighted by Gasteiger charge is -2.25. The molecule has 0 saturated carbocycles. The van der Waals surface area contributed by atoms with Gasteiger partial charge in [0.2, 0.25) is 0 Å². The summed E-state index contributed by atoms with van der Waals surface area (Å²) < 4.78 is 0. The molecular formula is C9H16N2. The third-order valence-electron chi connectivity index (χ3n) is 2.06. The normalized spacial score (nSPS) is 18.5. The van der Waals surface area contributed by atoms with Crippen LogP contribution in [0.15, 0.2) is 11.8 Å². The second kappa shape index (κ2) is 3.56. The molecule has 1 aliphatic heterocycles. The van der Waals surface area contributed by atoms with Crippen LogP contribution >= 0.6 is 0 Å². The molecule has 1 aliphatic rings. The Morgan fingerprint density at radius 1 is 1.55 bits per heavy atom. The highest BCUT2D eigenvalue weighted by atomic mass is 15.1. The summed E-state index contributed by atoms with van der Waals surface area (Å²) in [5.74, 6) is 0. The fourth-order valence-electron chi connectivity index (χ4n) is 1.34. The summed E-state index contributed by atoms with van der Waals surface area (Å²) in [5.41, 5.74) is 2.24. The molecule has 0 aromatic heterocycles. The maximum atomic E-state index is 7.57. The molecule has 1 heterocycles. The van der Waals surface area contributed by atoms with Crippen LogP contribution in [0.1, 0.15) is 26.7 Å². The highest BCUT2D eigenvalue weighted by Crippen LogP contribution is 2.14. The number of allylic oxidation sites excluding steroid dienone is 1. The Kier molecular flexibility index (Phi) is 2.69. The topological polar surface area (TPSA) is 27.1 Å². The molecule has 1 N–H and O–H groups in total. The van der Waals surface area contributed by atoms with Crippen molar-refractivity contribution in [2.75, 3.05) is 13.1 Å². The molecule has 0 unspecified atom stereocenters. The van der Waals surface area contributed by atoms with E-state index in [-0.39, 0.29) is 0 Å². The van der Waals surface area contributed by atoms with Gasteiger partial charge in [-0.1, -0.05) is 6.92 Å². The highest BCUT2D eigenvalue weighted by molar-refractivity contribution is 5.86. The Morgan fingerprint density at radius 2 is 2.27 bits per heavy atom. The first kappa shape index (κ1) is 8.31. The van der Waals surface area contributed by atoms with Gasteiger partial charge in [0, 0.05) is 18.7 Å². The van der Waals surface area contributed by atoms with Gasteiger partial charge in [-0.3, -0.25) is 0 Å². The van der Waals surface area contributed by atoms with Crippen molar-refractivity contribution in [1.82, 2.24) is 4.90 Å². The van der Waals surface area contributed by atoms with Gasteiger partial charge in [-0.2, -0.15) is 0 Å². The van der Waals surface area contributed by atoms with Crippen LogP contribution in [0.4, 0.5) is 0 Å². The van der Waals surface area contributed by atoms with E-state index in [9.17, 15) is 0 Å². The maximum Gasteiger partial charge on any atom is 0.0553 e. The minimum atomic E-state index is 0.833. The van der Waals surface area contributed by atoms with Crippen LogP contribution in [0, 0.1) is 5.41 Å². The quantitative estimate of drug-likeness (QED) is 0.644.